The van der Waals surface area contributed by atoms with Gasteiger partial charge in [0, 0.05) is 68.1 Å². The van der Waals surface area contributed by atoms with Gasteiger partial charge in [0.25, 0.3) is 17.4 Å². The number of anilines is 2. The molecule has 1 saturated carbocycles. The van der Waals surface area contributed by atoms with Crippen molar-refractivity contribution < 1.29 is 19.2 Å². The number of benzene rings is 3. The van der Waals surface area contributed by atoms with Crippen LogP contribution in [0.2, 0.25) is 0 Å². The van der Waals surface area contributed by atoms with E-state index in [9.17, 15) is 24.0 Å². The Kier molecular flexibility index (Phi) is 8.66. The van der Waals surface area contributed by atoms with Crippen LogP contribution in [0.4, 0.5) is 11.4 Å². The SMILES string of the molecule is O=C1CCC(N2C(=O)c3ccc(N4CCN(CC5CCN(c6ccc7c(c6)-n6c(nc(=O)c8c(Br)cccc86)C76CCCCC6)CC5)CC4)cc3C2=O)C(=O)N1. The van der Waals surface area contributed by atoms with Crippen molar-refractivity contribution in [3.8, 4) is 5.69 Å². The van der Waals surface area contributed by atoms with Gasteiger partial charge in [0.1, 0.15) is 11.9 Å². The van der Waals surface area contributed by atoms with E-state index in [1.165, 1.54) is 23.4 Å². The molecule has 0 radical (unpaired) electrons. The van der Waals surface area contributed by atoms with E-state index in [0.29, 0.717) is 22.4 Å². The number of piperazine rings is 1. The van der Waals surface area contributed by atoms with E-state index < -0.39 is 23.8 Å². The first-order chi connectivity index (χ1) is 27.2. The van der Waals surface area contributed by atoms with Crippen molar-refractivity contribution in [2.75, 3.05) is 55.6 Å². The molecule has 1 spiro atoms. The third-order valence-electron chi connectivity index (χ3n) is 13.4. The number of nitrogens with one attached hydrogen (secondary N) is 1. The van der Waals surface area contributed by atoms with Crippen LogP contribution in [0.25, 0.3) is 16.6 Å². The van der Waals surface area contributed by atoms with Crippen molar-refractivity contribution in [2.24, 2.45) is 5.92 Å². The van der Waals surface area contributed by atoms with Crippen molar-refractivity contribution in [1.29, 1.82) is 0 Å². The number of amides is 4. The Balaban J connectivity index is 0.790. The molecule has 1 aromatic heterocycles. The number of carbonyl (C=O) groups excluding carboxylic acids is 4. The smallest absolute Gasteiger partial charge is 0.281 e. The monoisotopic (exact) mass is 817 g/mol. The summed E-state index contributed by atoms with van der Waals surface area (Å²) < 4.78 is 3.07. The molecule has 6 heterocycles. The molecule has 13 heteroatoms. The molecule has 1 unspecified atom stereocenters. The lowest BCUT2D eigenvalue weighted by atomic mass is 9.70. The van der Waals surface area contributed by atoms with Gasteiger partial charge in [-0.2, -0.15) is 4.98 Å². The van der Waals surface area contributed by atoms with Gasteiger partial charge in [-0.05, 0) is 102 Å². The first kappa shape index (κ1) is 35.5. The minimum absolute atomic E-state index is 0.0997. The minimum atomic E-state index is -0.965. The lowest BCUT2D eigenvalue weighted by molar-refractivity contribution is -0.136. The fraction of sp³-hybridized carbons (Fsp3) is 0.442. The predicted octanol–water partition coefficient (Wildman–Crippen LogP) is 5.15. The summed E-state index contributed by atoms with van der Waals surface area (Å²) in [5.74, 6) is -0.413. The molecular formula is C43H44BrN7O5. The number of hydrogen-bond donors (Lipinski definition) is 1. The molecule has 0 bridgehead atoms. The molecule has 4 fully saturated rings. The minimum Gasteiger partial charge on any atom is -0.371 e. The van der Waals surface area contributed by atoms with Crippen LogP contribution in [-0.4, -0.2) is 94.8 Å². The summed E-state index contributed by atoms with van der Waals surface area (Å²) in [7, 11) is 0. The molecule has 12 nitrogen and oxygen atoms in total. The van der Waals surface area contributed by atoms with Crippen LogP contribution in [0.5, 0.6) is 0 Å². The van der Waals surface area contributed by atoms with E-state index in [-0.39, 0.29) is 29.7 Å². The average Bonchev–Trinajstić information content (AvgIpc) is 3.61. The van der Waals surface area contributed by atoms with Gasteiger partial charge in [-0.3, -0.25) is 43.7 Å². The number of carbonyl (C=O) groups is 4. The standard InChI is InChI=1S/C43H44BrN7O5/c44-32-5-4-6-33-37(32)39(54)46-42-43(15-2-1-3-16-43)31-10-8-28(24-35(31)50(33)42)48-17-13-26(14-18-48)25-47-19-21-49(22-20-47)27-7-9-29-30(23-27)41(56)51(40(29)55)34-11-12-36(52)45-38(34)53/h4-10,23-24,26,34H,1-3,11-22,25H2,(H,45,52,53). The summed E-state index contributed by atoms with van der Waals surface area (Å²) in [5, 5.41) is 2.90. The molecule has 6 aliphatic rings. The Hall–Kier alpha value is -4.88. The van der Waals surface area contributed by atoms with Crippen molar-refractivity contribution in [2.45, 2.75) is 69.2 Å². The molecule has 4 amide bonds. The summed E-state index contributed by atoms with van der Waals surface area (Å²) in [5.41, 5.74) is 5.78. The first-order valence-corrected chi connectivity index (χ1v) is 20.9. The van der Waals surface area contributed by atoms with Crippen LogP contribution in [0, 0.1) is 5.92 Å². The van der Waals surface area contributed by atoms with Crippen molar-refractivity contribution in [1.82, 2.24) is 24.7 Å². The molecule has 1 aliphatic carbocycles. The van der Waals surface area contributed by atoms with Gasteiger partial charge in [-0.25, -0.2) is 0 Å². The second-order valence-electron chi connectivity index (χ2n) is 16.4. The molecule has 1 N–H and O–H groups in total. The van der Waals surface area contributed by atoms with Crippen LogP contribution in [0.3, 0.4) is 0 Å². The molecule has 56 heavy (non-hydrogen) atoms. The molecular weight excluding hydrogens is 774 g/mol. The van der Waals surface area contributed by atoms with Crippen LogP contribution >= 0.6 is 15.9 Å². The fourth-order valence-electron chi connectivity index (χ4n) is 10.5. The van der Waals surface area contributed by atoms with Crippen molar-refractivity contribution in [3.05, 3.63) is 91.9 Å². The quantitative estimate of drug-likeness (QED) is 0.272. The molecule has 1 atom stereocenters. The summed E-state index contributed by atoms with van der Waals surface area (Å²) in [6.45, 7) is 6.51. The number of piperidine rings is 2. The lowest BCUT2D eigenvalue weighted by Gasteiger charge is -2.40. The summed E-state index contributed by atoms with van der Waals surface area (Å²) in [4.78, 5) is 77.3. The van der Waals surface area contributed by atoms with Gasteiger partial charge < -0.3 is 9.80 Å². The predicted molar refractivity (Wildman–Crippen MR) is 216 cm³/mol. The molecule has 3 aromatic carbocycles. The van der Waals surface area contributed by atoms with Crippen LogP contribution < -0.4 is 20.7 Å². The zero-order valence-electron chi connectivity index (χ0n) is 31.3. The summed E-state index contributed by atoms with van der Waals surface area (Å²) >= 11 is 3.64. The maximum absolute atomic E-state index is 13.4. The highest BCUT2D eigenvalue weighted by Gasteiger charge is 2.47. The van der Waals surface area contributed by atoms with E-state index in [1.54, 1.807) is 12.1 Å². The van der Waals surface area contributed by atoms with Gasteiger partial charge in [0.05, 0.1) is 33.1 Å². The van der Waals surface area contributed by atoms with Gasteiger partial charge in [0.15, 0.2) is 0 Å². The normalized spacial score (nSPS) is 22.5. The third-order valence-corrected chi connectivity index (χ3v) is 14.1. The number of nitrogens with zero attached hydrogens (tertiary/aromatic N) is 6. The van der Waals surface area contributed by atoms with Crippen LogP contribution in [-0.2, 0) is 15.0 Å². The number of rotatable bonds is 5. The van der Waals surface area contributed by atoms with E-state index >= 15 is 0 Å². The van der Waals surface area contributed by atoms with Crippen molar-refractivity contribution in [3.63, 3.8) is 0 Å². The highest BCUT2D eigenvalue weighted by Crippen LogP contribution is 2.52. The topological polar surface area (TPSA) is 128 Å². The first-order valence-electron chi connectivity index (χ1n) is 20.1. The van der Waals surface area contributed by atoms with E-state index in [2.05, 4.69) is 64.8 Å². The second-order valence-corrected chi connectivity index (χ2v) is 17.3. The summed E-state index contributed by atoms with van der Waals surface area (Å²) in [6, 6.07) is 17.4. The highest BCUT2D eigenvalue weighted by molar-refractivity contribution is 9.10. The van der Waals surface area contributed by atoms with Gasteiger partial charge >= 0.3 is 0 Å². The number of halogens is 1. The summed E-state index contributed by atoms with van der Waals surface area (Å²) in [6.07, 6.45) is 8.01. The molecule has 3 saturated heterocycles. The third kappa shape index (κ3) is 5.63. The molecule has 5 aliphatic heterocycles. The van der Waals surface area contributed by atoms with Gasteiger partial charge in [-0.15, -0.1) is 0 Å². The number of aromatic nitrogens is 2. The van der Waals surface area contributed by atoms with E-state index in [4.69, 9.17) is 4.98 Å². The van der Waals surface area contributed by atoms with Crippen LogP contribution in [0.15, 0.2) is 63.9 Å². The Labute approximate surface area is 332 Å². The fourth-order valence-corrected chi connectivity index (χ4v) is 11.0. The maximum Gasteiger partial charge on any atom is 0.281 e. The number of fused-ring (bicyclic) bond motifs is 8. The highest BCUT2D eigenvalue weighted by atomic mass is 79.9. The van der Waals surface area contributed by atoms with Gasteiger partial charge in [0.2, 0.25) is 11.8 Å². The maximum atomic E-state index is 13.4. The van der Waals surface area contributed by atoms with Gasteiger partial charge in [-0.1, -0.05) is 31.4 Å². The largest absolute Gasteiger partial charge is 0.371 e. The van der Waals surface area contributed by atoms with Crippen molar-refractivity contribution >= 4 is 61.8 Å². The molecule has 10 rings (SSSR count). The molecule has 4 aromatic rings. The average molecular weight is 819 g/mol. The van der Waals surface area contributed by atoms with E-state index in [0.717, 1.165) is 111 Å². The zero-order chi connectivity index (χ0) is 38.3. The number of imide groups is 2. The van der Waals surface area contributed by atoms with E-state index in [1.807, 2.05) is 18.2 Å². The Bertz CT molecular complexity index is 2390. The van der Waals surface area contributed by atoms with Crippen LogP contribution in [0.1, 0.15) is 89.9 Å². The Morgan fingerprint density at radius 2 is 1.48 bits per heavy atom. The zero-order valence-corrected chi connectivity index (χ0v) is 32.9. The Morgan fingerprint density at radius 3 is 2.25 bits per heavy atom. The molecule has 288 valence electrons. The lowest BCUT2D eigenvalue weighted by Crippen LogP contribution is -2.54. The second kappa shape index (κ2) is 13.7. The number of hydrogen-bond acceptors (Lipinski definition) is 9. The Morgan fingerprint density at radius 1 is 0.768 bits per heavy atom.